The van der Waals surface area contributed by atoms with Gasteiger partial charge in [0.25, 0.3) is 5.91 Å². The predicted molar refractivity (Wildman–Crippen MR) is 60.4 cm³/mol. The summed E-state index contributed by atoms with van der Waals surface area (Å²) < 4.78 is 4.85. The summed E-state index contributed by atoms with van der Waals surface area (Å²) in [7, 11) is 1.46. The highest BCUT2D eigenvalue weighted by Crippen LogP contribution is 2.12. The Bertz CT molecular complexity index is 461. The van der Waals surface area contributed by atoms with E-state index in [0.717, 1.165) is 0 Å². The van der Waals surface area contributed by atoms with Gasteiger partial charge in [-0.25, -0.2) is 14.8 Å². The highest BCUT2D eigenvalue weighted by molar-refractivity contribution is 6.02. The Kier molecular flexibility index (Phi) is 4.75. The summed E-state index contributed by atoms with van der Waals surface area (Å²) in [6.07, 6.45) is 1.34. The van der Waals surface area contributed by atoms with Crippen molar-refractivity contribution in [1.29, 1.82) is 0 Å². The lowest BCUT2D eigenvalue weighted by Crippen LogP contribution is -2.29. The summed E-state index contributed by atoms with van der Waals surface area (Å²) in [4.78, 5) is 26.5. The number of hydrogen-bond donors (Lipinski definition) is 2. The third-order valence-corrected chi connectivity index (χ3v) is 2.22. The molecule has 0 aliphatic rings. The van der Waals surface area contributed by atoms with E-state index < -0.39 is 11.9 Å². The summed E-state index contributed by atoms with van der Waals surface area (Å²) in [6.45, 7) is 1.79. The lowest BCUT2D eigenvalue weighted by Gasteiger charge is -2.13. The number of aromatic carboxylic acids is 1. The van der Waals surface area contributed by atoms with Gasteiger partial charge in [0, 0.05) is 19.9 Å². The molecule has 0 saturated heterocycles. The van der Waals surface area contributed by atoms with Crippen molar-refractivity contribution in [3.63, 3.8) is 0 Å². The van der Waals surface area contributed by atoms with Crippen LogP contribution in [0.25, 0.3) is 0 Å². The van der Waals surface area contributed by atoms with Crippen molar-refractivity contribution >= 4 is 11.9 Å². The highest BCUT2D eigenvalue weighted by Gasteiger charge is 2.22. The van der Waals surface area contributed by atoms with E-state index in [9.17, 15) is 14.8 Å². The van der Waals surface area contributed by atoms with Crippen LogP contribution in [0, 0.1) is 0 Å². The molecule has 1 aromatic heterocycles. The van der Waals surface area contributed by atoms with Crippen LogP contribution in [0.2, 0.25) is 0 Å². The van der Waals surface area contributed by atoms with Gasteiger partial charge in [0.2, 0.25) is 0 Å². The SMILES string of the molecule is CCN(O)C(=O)c1ncc(COC)cc1C(=O)O. The van der Waals surface area contributed by atoms with Crippen molar-refractivity contribution in [2.24, 2.45) is 0 Å². The summed E-state index contributed by atoms with van der Waals surface area (Å²) in [5.41, 5.74) is -0.0267. The molecule has 2 N–H and O–H groups in total. The van der Waals surface area contributed by atoms with Gasteiger partial charge in [-0.1, -0.05) is 0 Å². The fraction of sp³-hybridized carbons (Fsp3) is 0.364. The molecule has 0 spiro atoms. The van der Waals surface area contributed by atoms with Crippen molar-refractivity contribution in [2.45, 2.75) is 13.5 Å². The minimum Gasteiger partial charge on any atom is -0.478 e. The number of methoxy groups -OCH3 is 1. The molecule has 0 bridgehead atoms. The van der Waals surface area contributed by atoms with Gasteiger partial charge in [0.15, 0.2) is 0 Å². The first-order valence-corrected chi connectivity index (χ1v) is 5.23. The molecular weight excluding hydrogens is 240 g/mol. The van der Waals surface area contributed by atoms with E-state index in [1.54, 1.807) is 6.92 Å². The van der Waals surface area contributed by atoms with Crippen LogP contribution < -0.4 is 0 Å². The van der Waals surface area contributed by atoms with Gasteiger partial charge in [-0.15, -0.1) is 0 Å². The van der Waals surface area contributed by atoms with Crippen molar-refractivity contribution in [3.05, 3.63) is 29.1 Å². The molecule has 1 heterocycles. The van der Waals surface area contributed by atoms with Crippen LogP contribution in [0.5, 0.6) is 0 Å². The Hall–Kier alpha value is -1.99. The largest absolute Gasteiger partial charge is 0.478 e. The lowest BCUT2D eigenvalue weighted by molar-refractivity contribution is -0.0546. The number of carboxylic acid groups (broad SMARTS) is 1. The highest BCUT2D eigenvalue weighted by atomic mass is 16.5. The van der Waals surface area contributed by atoms with Gasteiger partial charge < -0.3 is 9.84 Å². The second-order valence-electron chi connectivity index (χ2n) is 3.50. The third kappa shape index (κ3) is 3.02. The second kappa shape index (κ2) is 6.08. The summed E-state index contributed by atoms with van der Waals surface area (Å²) >= 11 is 0. The molecule has 7 nitrogen and oxygen atoms in total. The number of nitrogens with zero attached hydrogens (tertiary/aromatic N) is 2. The van der Waals surface area contributed by atoms with Crippen LogP contribution in [0.15, 0.2) is 12.3 Å². The quantitative estimate of drug-likeness (QED) is 0.595. The van der Waals surface area contributed by atoms with Gasteiger partial charge in [-0.3, -0.25) is 10.0 Å². The van der Waals surface area contributed by atoms with Crippen LogP contribution >= 0.6 is 0 Å². The van der Waals surface area contributed by atoms with Gasteiger partial charge in [0.05, 0.1) is 12.2 Å². The first-order valence-electron chi connectivity index (χ1n) is 5.23. The van der Waals surface area contributed by atoms with Crippen LogP contribution in [0.1, 0.15) is 33.3 Å². The molecule has 0 radical (unpaired) electrons. The zero-order valence-corrected chi connectivity index (χ0v) is 10.1. The fourth-order valence-electron chi connectivity index (χ4n) is 1.35. The molecule has 0 saturated carbocycles. The third-order valence-electron chi connectivity index (χ3n) is 2.22. The molecule has 18 heavy (non-hydrogen) atoms. The minimum absolute atomic E-state index is 0.0411. The Morgan fingerprint density at radius 1 is 1.50 bits per heavy atom. The Morgan fingerprint density at radius 2 is 2.17 bits per heavy atom. The van der Waals surface area contributed by atoms with Gasteiger partial charge in [0.1, 0.15) is 5.69 Å². The number of rotatable bonds is 5. The zero-order valence-electron chi connectivity index (χ0n) is 10.1. The molecule has 0 aliphatic carbocycles. The van der Waals surface area contributed by atoms with Crippen LogP contribution in [-0.4, -0.2) is 45.9 Å². The van der Waals surface area contributed by atoms with Crippen LogP contribution in [-0.2, 0) is 11.3 Å². The second-order valence-corrected chi connectivity index (χ2v) is 3.50. The average Bonchev–Trinajstić information content (AvgIpc) is 2.37. The molecule has 0 atom stereocenters. The molecule has 0 fully saturated rings. The monoisotopic (exact) mass is 254 g/mol. The number of hydrogen-bond acceptors (Lipinski definition) is 5. The molecule has 1 amide bonds. The Morgan fingerprint density at radius 3 is 2.67 bits per heavy atom. The number of aromatic nitrogens is 1. The first kappa shape index (κ1) is 14.1. The predicted octanol–water partition coefficient (Wildman–Crippen LogP) is 0.778. The topological polar surface area (TPSA) is 100.0 Å². The summed E-state index contributed by atoms with van der Waals surface area (Å²) in [5.74, 6) is -2.13. The minimum atomic E-state index is -1.28. The number of carbonyl (C=O) groups excluding carboxylic acids is 1. The fourth-order valence-corrected chi connectivity index (χ4v) is 1.35. The smallest absolute Gasteiger partial charge is 0.338 e. The van der Waals surface area contributed by atoms with Gasteiger partial charge in [-0.2, -0.15) is 0 Å². The van der Waals surface area contributed by atoms with E-state index in [2.05, 4.69) is 4.98 Å². The first-order chi connectivity index (χ1) is 8.51. The maximum Gasteiger partial charge on any atom is 0.338 e. The van der Waals surface area contributed by atoms with Crippen LogP contribution in [0.4, 0.5) is 0 Å². The maximum atomic E-state index is 11.7. The van der Waals surface area contributed by atoms with Crippen molar-refractivity contribution < 1.29 is 24.6 Å². The Balaban J connectivity index is 3.19. The van der Waals surface area contributed by atoms with E-state index in [1.165, 1.54) is 19.4 Å². The van der Waals surface area contributed by atoms with Crippen molar-refractivity contribution in [3.8, 4) is 0 Å². The van der Waals surface area contributed by atoms with E-state index in [4.69, 9.17) is 9.84 Å². The Labute approximate surface area is 104 Å². The van der Waals surface area contributed by atoms with E-state index in [-0.39, 0.29) is 24.4 Å². The van der Waals surface area contributed by atoms with Crippen molar-refractivity contribution in [2.75, 3.05) is 13.7 Å². The molecule has 1 rings (SSSR count). The lowest BCUT2D eigenvalue weighted by atomic mass is 10.1. The van der Waals surface area contributed by atoms with Crippen LogP contribution in [0.3, 0.4) is 0 Å². The van der Waals surface area contributed by atoms with E-state index in [0.29, 0.717) is 10.6 Å². The number of hydroxylamine groups is 2. The van der Waals surface area contributed by atoms with Gasteiger partial charge >= 0.3 is 5.97 Å². The standard InChI is InChI=1S/C11H14N2O5/c1-3-13(17)10(14)9-8(11(15)16)4-7(5-12-9)6-18-2/h4-5,17H,3,6H2,1-2H3,(H,15,16). The molecule has 98 valence electrons. The number of carboxylic acids is 1. The molecule has 1 aromatic rings. The zero-order chi connectivity index (χ0) is 13.7. The normalized spacial score (nSPS) is 10.2. The molecule has 7 heteroatoms. The van der Waals surface area contributed by atoms with Crippen molar-refractivity contribution in [1.82, 2.24) is 10.0 Å². The van der Waals surface area contributed by atoms with E-state index in [1.807, 2.05) is 0 Å². The molecule has 0 aliphatic heterocycles. The number of pyridine rings is 1. The van der Waals surface area contributed by atoms with E-state index >= 15 is 0 Å². The maximum absolute atomic E-state index is 11.7. The molecular formula is C11H14N2O5. The summed E-state index contributed by atoms with van der Waals surface area (Å²) in [5, 5.41) is 18.7. The number of ether oxygens (including phenoxy) is 1. The average molecular weight is 254 g/mol. The van der Waals surface area contributed by atoms with Gasteiger partial charge in [-0.05, 0) is 18.6 Å². The molecule has 0 unspecified atom stereocenters. The summed E-state index contributed by atoms with van der Waals surface area (Å²) in [6, 6.07) is 1.30. The number of amides is 1. The number of carbonyl (C=O) groups is 2. The molecule has 0 aromatic carbocycles.